The van der Waals surface area contributed by atoms with Crippen LogP contribution < -0.4 is 9.47 Å². The molecule has 214 valence electrons. The van der Waals surface area contributed by atoms with E-state index in [4.69, 9.17) is 14.3 Å². The van der Waals surface area contributed by atoms with Crippen LogP contribution in [0.3, 0.4) is 0 Å². The lowest BCUT2D eigenvalue weighted by Crippen LogP contribution is -2.61. The molecule has 40 heavy (non-hydrogen) atoms. The number of carbonyl (C=O) groups is 1. The second kappa shape index (κ2) is 10.7. The molecule has 0 amide bonds. The van der Waals surface area contributed by atoms with Crippen LogP contribution in [0.25, 0.3) is 11.1 Å². The van der Waals surface area contributed by atoms with Crippen molar-refractivity contribution in [1.82, 2.24) is 4.90 Å². The number of hydrogen-bond donors (Lipinski definition) is 1. The maximum Gasteiger partial charge on any atom is 0.309 e. The fraction of sp³-hybridized carbons (Fsp3) is 0.562. The number of oxime groups is 1. The quantitative estimate of drug-likeness (QED) is 0.395. The van der Waals surface area contributed by atoms with E-state index in [1.54, 1.807) is 12.1 Å². The summed E-state index contributed by atoms with van der Waals surface area (Å²) < 4.78 is 25.7. The standard InChI is InChI=1S/C32H39FN2O5/c1-3-38-27-15-21(16-28(39-4-2)29(27)23-5-7-24(33)8-6-23)18-35-19-32(20-35)17-26(34-40-32)25-11-14-31(30(36)37)12-9-22(25)10-13-31/h5-8,15-16,22,25H,3-4,9-14,17-20H2,1-2H3,(H,36,37). The summed E-state index contributed by atoms with van der Waals surface area (Å²) in [6.45, 7) is 7.26. The normalized spacial score (nSPS) is 27.0. The Morgan fingerprint density at radius 3 is 2.27 bits per heavy atom. The molecule has 2 heterocycles. The van der Waals surface area contributed by atoms with Gasteiger partial charge in [0.2, 0.25) is 0 Å². The third-order valence-electron chi connectivity index (χ3n) is 9.52. The van der Waals surface area contributed by atoms with E-state index in [1.807, 2.05) is 13.8 Å². The van der Waals surface area contributed by atoms with Gasteiger partial charge in [-0.1, -0.05) is 17.3 Å². The summed E-state index contributed by atoms with van der Waals surface area (Å²) in [5.74, 6) is 1.44. The minimum absolute atomic E-state index is 0.274. The smallest absolute Gasteiger partial charge is 0.309 e. The Balaban J connectivity index is 1.13. The molecule has 7 nitrogen and oxygen atoms in total. The first-order valence-corrected chi connectivity index (χ1v) is 14.7. The summed E-state index contributed by atoms with van der Waals surface area (Å²) in [5, 5.41) is 14.5. The van der Waals surface area contributed by atoms with Crippen molar-refractivity contribution in [3.05, 3.63) is 47.8 Å². The van der Waals surface area contributed by atoms with E-state index in [9.17, 15) is 14.3 Å². The lowest BCUT2D eigenvalue weighted by molar-refractivity contribution is -0.151. The molecule has 0 radical (unpaired) electrons. The van der Waals surface area contributed by atoms with Crippen molar-refractivity contribution in [2.24, 2.45) is 22.4 Å². The van der Waals surface area contributed by atoms with Gasteiger partial charge in [-0.25, -0.2) is 4.39 Å². The van der Waals surface area contributed by atoms with E-state index in [1.165, 1.54) is 12.1 Å². The molecule has 2 bridgehead atoms. The average molecular weight is 551 g/mol. The summed E-state index contributed by atoms with van der Waals surface area (Å²) in [7, 11) is 0. The highest BCUT2D eigenvalue weighted by atomic mass is 19.1. The first-order chi connectivity index (χ1) is 19.3. The second-order valence-electron chi connectivity index (χ2n) is 12.1. The molecule has 1 spiro atoms. The Morgan fingerprint density at radius 2 is 1.68 bits per heavy atom. The molecule has 1 unspecified atom stereocenters. The first kappa shape index (κ1) is 27.1. The molecule has 1 atom stereocenters. The number of nitrogens with zero attached hydrogens (tertiary/aromatic N) is 2. The van der Waals surface area contributed by atoms with Crippen molar-refractivity contribution in [2.75, 3.05) is 26.3 Å². The SMILES string of the molecule is CCOc1cc(CN2CC3(CC(C4CCC5(C(=O)O)CCC4CC5)=NO3)C2)cc(OCC)c1-c1ccc(F)cc1. The van der Waals surface area contributed by atoms with Gasteiger partial charge in [0.15, 0.2) is 5.60 Å². The molecule has 3 aliphatic carbocycles. The van der Waals surface area contributed by atoms with Gasteiger partial charge in [-0.2, -0.15) is 0 Å². The van der Waals surface area contributed by atoms with Crippen LogP contribution in [0.15, 0.2) is 41.6 Å². The fourth-order valence-corrected chi connectivity index (χ4v) is 7.50. The minimum Gasteiger partial charge on any atom is -0.493 e. The molecule has 7 rings (SSSR count). The number of rotatable bonds is 9. The monoisotopic (exact) mass is 550 g/mol. The molecule has 8 heteroatoms. The largest absolute Gasteiger partial charge is 0.493 e. The zero-order chi connectivity index (χ0) is 27.9. The van der Waals surface area contributed by atoms with Crippen LogP contribution >= 0.6 is 0 Å². The molecule has 4 fully saturated rings. The number of likely N-dealkylation sites (tertiary alicyclic amines) is 1. The lowest BCUT2D eigenvalue weighted by atomic mass is 9.70. The second-order valence-corrected chi connectivity index (χ2v) is 12.1. The predicted molar refractivity (Wildman–Crippen MR) is 150 cm³/mol. The number of halogens is 1. The Labute approximate surface area is 235 Å². The maximum absolute atomic E-state index is 13.6. The Kier molecular flexibility index (Phi) is 7.23. The Bertz CT molecular complexity index is 1250. The molecule has 1 saturated heterocycles. The number of carboxylic acid groups (broad SMARTS) is 1. The van der Waals surface area contributed by atoms with Gasteiger partial charge < -0.3 is 19.4 Å². The highest BCUT2D eigenvalue weighted by molar-refractivity contribution is 5.89. The maximum atomic E-state index is 13.6. The Hall–Kier alpha value is -3.13. The number of aliphatic carboxylic acids is 1. The topological polar surface area (TPSA) is 80.6 Å². The summed E-state index contributed by atoms with van der Waals surface area (Å²) in [5.41, 5.74) is 3.13. The van der Waals surface area contributed by atoms with Crippen LogP contribution in [0, 0.1) is 23.1 Å². The van der Waals surface area contributed by atoms with Gasteiger partial charge in [-0.3, -0.25) is 9.69 Å². The highest BCUT2D eigenvalue weighted by Crippen LogP contribution is 2.52. The highest BCUT2D eigenvalue weighted by Gasteiger charge is 2.53. The average Bonchev–Trinajstić information content (AvgIpc) is 3.16. The van der Waals surface area contributed by atoms with Gasteiger partial charge in [0.05, 0.1) is 29.9 Å². The van der Waals surface area contributed by atoms with Crippen molar-refractivity contribution < 1.29 is 28.6 Å². The van der Waals surface area contributed by atoms with E-state index < -0.39 is 11.4 Å². The fourth-order valence-electron chi connectivity index (χ4n) is 7.50. The number of benzene rings is 2. The van der Waals surface area contributed by atoms with Crippen molar-refractivity contribution in [1.29, 1.82) is 0 Å². The first-order valence-electron chi connectivity index (χ1n) is 14.7. The van der Waals surface area contributed by atoms with Crippen LogP contribution in [-0.4, -0.2) is 53.6 Å². The van der Waals surface area contributed by atoms with Gasteiger partial charge in [0, 0.05) is 32.0 Å². The van der Waals surface area contributed by atoms with E-state index >= 15 is 0 Å². The summed E-state index contributed by atoms with van der Waals surface area (Å²) >= 11 is 0. The molecule has 2 aromatic carbocycles. The molecular formula is C32H39FN2O5. The zero-order valence-corrected chi connectivity index (χ0v) is 23.5. The molecule has 2 aromatic rings. The Morgan fingerprint density at radius 1 is 1.05 bits per heavy atom. The van der Waals surface area contributed by atoms with Gasteiger partial charge >= 0.3 is 5.97 Å². The van der Waals surface area contributed by atoms with E-state index in [0.29, 0.717) is 25.0 Å². The molecule has 2 aliphatic heterocycles. The summed E-state index contributed by atoms with van der Waals surface area (Å²) in [6, 6.07) is 10.5. The lowest BCUT2D eigenvalue weighted by Gasteiger charge is -2.45. The van der Waals surface area contributed by atoms with Gasteiger partial charge in [0.1, 0.15) is 17.3 Å². The molecular weight excluding hydrogens is 511 g/mol. The minimum atomic E-state index is -0.618. The van der Waals surface area contributed by atoms with Gasteiger partial charge in [-0.05, 0) is 93.7 Å². The van der Waals surface area contributed by atoms with Crippen LogP contribution in [0.1, 0.15) is 64.4 Å². The third-order valence-corrected chi connectivity index (χ3v) is 9.52. The molecule has 3 saturated carbocycles. The van der Waals surface area contributed by atoms with E-state index in [0.717, 1.165) is 98.5 Å². The summed E-state index contributed by atoms with van der Waals surface area (Å²) in [6.07, 6.45) is 6.04. The van der Waals surface area contributed by atoms with Crippen molar-refractivity contribution in [3.63, 3.8) is 0 Å². The predicted octanol–water partition coefficient (Wildman–Crippen LogP) is 6.29. The van der Waals surface area contributed by atoms with Gasteiger partial charge in [-0.15, -0.1) is 0 Å². The number of carboxylic acids is 1. The van der Waals surface area contributed by atoms with Crippen LogP contribution in [0.5, 0.6) is 11.5 Å². The third kappa shape index (κ3) is 4.95. The number of ether oxygens (including phenoxy) is 2. The molecule has 1 N–H and O–H groups in total. The number of hydrogen-bond acceptors (Lipinski definition) is 6. The van der Waals surface area contributed by atoms with Crippen LogP contribution in [0.4, 0.5) is 4.39 Å². The van der Waals surface area contributed by atoms with E-state index in [-0.39, 0.29) is 11.4 Å². The van der Waals surface area contributed by atoms with Crippen molar-refractivity contribution in [2.45, 2.75) is 70.9 Å². The van der Waals surface area contributed by atoms with E-state index in [2.05, 4.69) is 22.2 Å². The number of fused-ring (bicyclic) bond motifs is 4. The van der Waals surface area contributed by atoms with Crippen LogP contribution in [-0.2, 0) is 16.2 Å². The van der Waals surface area contributed by atoms with Gasteiger partial charge in [0.25, 0.3) is 0 Å². The zero-order valence-electron chi connectivity index (χ0n) is 23.5. The van der Waals surface area contributed by atoms with Crippen molar-refractivity contribution >= 4 is 11.7 Å². The van der Waals surface area contributed by atoms with Crippen LogP contribution in [0.2, 0.25) is 0 Å². The van der Waals surface area contributed by atoms with Crippen molar-refractivity contribution in [3.8, 4) is 22.6 Å². The summed E-state index contributed by atoms with van der Waals surface area (Å²) in [4.78, 5) is 20.4. The molecule has 5 aliphatic rings. The molecule has 0 aromatic heterocycles.